The zero-order chi connectivity index (χ0) is 30.0. The molecule has 0 bridgehead atoms. The molecule has 0 saturated heterocycles. The molecule has 0 aromatic heterocycles. The van der Waals surface area contributed by atoms with Crippen molar-refractivity contribution in [1.29, 1.82) is 0 Å². The number of amides is 2. The van der Waals surface area contributed by atoms with E-state index in [9.17, 15) is 18.0 Å². The van der Waals surface area contributed by atoms with Gasteiger partial charge in [0.15, 0.2) is 0 Å². The van der Waals surface area contributed by atoms with Crippen molar-refractivity contribution in [2.45, 2.75) is 44.2 Å². The van der Waals surface area contributed by atoms with Gasteiger partial charge in [0.1, 0.15) is 24.1 Å². The summed E-state index contributed by atoms with van der Waals surface area (Å²) in [7, 11) is -1.36. The summed E-state index contributed by atoms with van der Waals surface area (Å²) in [5.41, 5.74) is 0.916. The average molecular weight is 647 g/mol. The third kappa shape index (κ3) is 8.23. The third-order valence-electron chi connectivity index (χ3n) is 6.53. The molecule has 0 unspecified atom stereocenters. The van der Waals surface area contributed by atoms with Crippen molar-refractivity contribution in [3.63, 3.8) is 0 Å². The van der Waals surface area contributed by atoms with Gasteiger partial charge in [0.05, 0.1) is 24.8 Å². The van der Waals surface area contributed by atoms with E-state index in [1.165, 1.54) is 37.3 Å². The standard InChI is InChI=1S/C30H36BrN3O6S/c1-5-6-18-32-30(36)22(2)33(20-23-12-14-24(31)15-13-23)29(35)21-34(41(37,38)26-10-8-7-9-11-26)27-19-25(39-3)16-17-28(27)40-4/h7-17,19,22H,5-6,18,20-21H2,1-4H3,(H,32,36)/t22-/m1/s1. The van der Waals surface area contributed by atoms with Crippen LogP contribution in [-0.4, -0.2) is 58.5 Å². The lowest BCUT2D eigenvalue weighted by Crippen LogP contribution is -2.51. The molecule has 0 saturated carbocycles. The second-order valence-corrected chi connectivity index (χ2v) is 12.1. The maximum absolute atomic E-state index is 14.1. The molecule has 41 heavy (non-hydrogen) atoms. The number of rotatable bonds is 14. The van der Waals surface area contributed by atoms with Crippen LogP contribution >= 0.6 is 15.9 Å². The lowest BCUT2D eigenvalue weighted by Gasteiger charge is -2.32. The second kappa shape index (κ2) is 14.9. The van der Waals surface area contributed by atoms with Gasteiger partial charge in [0.2, 0.25) is 11.8 Å². The van der Waals surface area contributed by atoms with Crippen molar-refractivity contribution in [2.24, 2.45) is 0 Å². The first-order valence-corrected chi connectivity index (χ1v) is 15.5. The van der Waals surface area contributed by atoms with Gasteiger partial charge in [-0.15, -0.1) is 0 Å². The average Bonchev–Trinajstić information content (AvgIpc) is 2.99. The Morgan fingerprint density at radius 2 is 1.66 bits per heavy atom. The van der Waals surface area contributed by atoms with Crippen LogP contribution in [0.15, 0.2) is 82.2 Å². The number of anilines is 1. The smallest absolute Gasteiger partial charge is 0.264 e. The molecule has 0 aliphatic rings. The van der Waals surface area contributed by atoms with E-state index < -0.39 is 28.5 Å². The molecule has 9 nitrogen and oxygen atoms in total. The van der Waals surface area contributed by atoms with Crippen LogP contribution in [0, 0.1) is 0 Å². The van der Waals surface area contributed by atoms with Gasteiger partial charge in [-0.05, 0) is 55.3 Å². The Kier molecular flexibility index (Phi) is 11.6. The van der Waals surface area contributed by atoms with Crippen LogP contribution < -0.4 is 19.1 Å². The van der Waals surface area contributed by atoms with Crippen LogP contribution in [-0.2, 0) is 26.2 Å². The molecule has 3 rings (SSSR count). The van der Waals surface area contributed by atoms with Crippen molar-refractivity contribution in [3.05, 3.63) is 82.8 Å². The molecule has 3 aromatic carbocycles. The number of carbonyl (C=O) groups is 2. The maximum Gasteiger partial charge on any atom is 0.264 e. The minimum Gasteiger partial charge on any atom is -0.497 e. The molecule has 1 atom stereocenters. The number of nitrogens with one attached hydrogen (secondary N) is 1. The summed E-state index contributed by atoms with van der Waals surface area (Å²) >= 11 is 3.42. The fourth-order valence-corrected chi connectivity index (χ4v) is 5.83. The summed E-state index contributed by atoms with van der Waals surface area (Å²) in [6.07, 6.45) is 1.71. The molecule has 0 radical (unpaired) electrons. The Balaban J connectivity index is 2.07. The van der Waals surface area contributed by atoms with E-state index in [1.807, 2.05) is 31.2 Å². The number of sulfonamides is 1. The number of benzene rings is 3. The highest BCUT2D eigenvalue weighted by Crippen LogP contribution is 2.36. The number of unbranched alkanes of at least 4 members (excludes halogenated alkanes) is 1. The normalized spacial score (nSPS) is 11.8. The molecular weight excluding hydrogens is 610 g/mol. The molecule has 220 valence electrons. The Bertz CT molecular complexity index is 1420. The van der Waals surface area contributed by atoms with Crippen molar-refractivity contribution in [3.8, 4) is 11.5 Å². The number of nitrogens with zero attached hydrogens (tertiary/aromatic N) is 2. The monoisotopic (exact) mass is 645 g/mol. The largest absolute Gasteiger partial charge is 0.497 e. The Hall–Kier alpha value is -3.57. The topological polar surface area (TPSA) is 105 Å². The van der Waals surface area contributed by atoms with Crippen molar-refractivity contribution in [2.75, 3.05) is 31.6 Å². The van der Waals surface area contributed by atoms with E-state index in [2.05, 4.69) is 21.2 Å². The summed E-state index contributed by atoms with van der Waals surface area (Å²) in [6, 6.07) is 19.1. The van der Waals surface area contributed by atoms with Crippen LogP contribution in [0.25, 0.3) is 0 Å². The first-order valence-electron chi connectivity index (χ1n) is 13.2. The molecule has 0 aliphatic carbocycles. The minimum absolute atomic E-state index is 0.00231. The number of halogens is 1. The number of ether oxygens (including phenoxy) is 2. The molecule has 11 heteroatoms. The van der Waals surface area contributed by atoms with E-state index in [0.29, 0.717) is 12.3 Å². The quantitative estimate of drug-likeness (QED) is 0.248. The van der Waals surface area contributed by atoms with Crippen molar-refractivity contribution in [1.82, 2.24) is 10.2 Å². The van der Waals surface area contributed by atoms with Crippen molar-refractivity contribution >= 4 is 43.5 Å². The van der Waals surface area contributed by atoms with Gasteiger partial charge >= 0.3 is 0 Å². The van der Waals surface area contributed by atoms with E-state index in [1.54, 1.807) is 37.3 Å². The van der Waals surface area contributed by atoms with Crippen LogP contribution in [0.3, 0.4) is 0 Å². The number of carbonyl (C=O) groups excluding carboxylic acids is 2. The fraction of sp³-hybridized carbons (Fsp3) is 0.333. The van der Waals surface area contributed by atoms with E-state index in [0.717, 1.165) is 27.2 Å². The van der Waals surface area contributed by atoms with Crippen LogP contribution in [0.5, 0.6) is 11.5 Å². The zero-order valence-electron chi connectivity index (χ0n) is 23.7. The highest BCUT2D eigenvalue weighted by molar-refractivity contribution is 9.10. The number of methoxy groups -OCH3 is 2. The van der Waals surface area contributed by atoms with E-state index >= 15 is 0 Å². The summed E-state index contributed by atoms with van der Waals surface area (Å²) in [6.45, 7) is 3.66. The first-order chi connectivity index (χ1) is 19.6. The highest BCUT2D eigenvalue weighted by Gasteiger charge is 2.34. The second-order valence-electron chi connectivity index (χ2n) is 9.33. The SMILES string of the molecule is CCCCNC(=O)[C@@H](C)N(Cc1ccc(Br)cc1)C(=O)CN(c1cc(OC)ccc1OC)S(=O)(=O)c1ccccc1. The molecule has 1 N–H and O–H groups in total. The first kappa shape index (κ1) is 32.0. The summed E-state index contributed by atoms with van der Waals surface area (Å²) in [4.78, 5) is 28.5. The summed E-state index contributed by atoms with van der Waals surface area (Å²) in [5.74, 6) is -0.254. The maximum atomic E-state index is 14.1. The third-order valence-corrected chi connectivity index (χ3v) is 8.83. The number of hydrogen-bond donors (Lipinski definition) is 1. The summed E-state index contributed by atoms with van der Waals surface area (Å²) in [5, 5.41) is 2.88. The molecule has 0 fully saturated rings. The van der Waals surface area contributed by atoms with Gasteiger partial charge in [0, 0.05) is 23.6 Å². The molecule has 2 amide bonds. The van der Waals surface area contributed by atoms with Gasteiger partial charge in [-0.1, -0.05) is 59.6 Å². The Morgan fingerprint density at radius 3 is 2.27 bits per heavy atom. The highest BCUT2D eigenvalue weighted by atomic mass is 79.9. The molecular formula is C30H36BrN3O6S. The Morgan fingerprint density at radius 1 is 0.976 bits per heavy atom. The fourth-order valence-electron chi connectivity index (χ4n) is 4.13. The predicted octanol–water partition coefficient (Wildman–Crippen LogP) is 5.00. The summed E-state index contributed by atoms with van der Waals surface area (Å²) < 4.78 is 40.7. The van der Waals surface area contributed by atoms with Crippen LogP contribution in [0.2, 0.25) is 0 Å². The van der Waals surface area contributed by atoms with Gasteiger partial charge in [-0.3, -0.25) is 13.9 Å². The van der Waals surface area contributed by atoms with Gasteiger partial charge in [-0.2, -0.15) is 0 Å². The molecule has 0 aliphatic heterocycles. The Labute approximate surface area is 250 Å². The van der Waals surface area contributed by atoms with Crippen molar-refractivity contribution < 1.29 is 27.5 Å². The van der Waals surface area contributed by atoms with Gasteiger partial charge in [0.25, 0.3) is 10.0 Å². The lowest BCUT2D eigenvalue weighted by molar-refractivity contribution is -0.139. The van der Waals surface area contributed by atoms with Crippen LogP contribution in [0.1, 0.15) is 32.3 Å². The van der Waals surface area contributed by atoms with E-state index in [-0.39, 0.29) is 28.8 Å². The minimum atomic E-state index is -4.24. The molecule has 0 spiro atoms. The number of hydrogen-bond acceptors (Lipinski definition) is 6. The van der Waals surface area contributed by atoms with Crippen LogP contribution in [0.4, 0.5) is 5.69 Å². The molecule has 0 heterocycles. The van der Waals surface area contributed by atoms with Gasteiger partial charge in [-0.25, -0.2) is 8.42 Å². The molecule has 3 aromatic rings. The zero-order valence-corrected chi connectivity index (χ0v) is 26.1. The van der Waals surface area contributed by atoms with Gasteiger partial charge < -0.3 is 19.7 Å². The predicted molar refractivity (Wildman–Crippen MR) is 163 cm³/mol. The van der Waals surface area contributed by atoms with E-state index in [4.69, 9.17) is 9.47 Å². The lowest BCUT2D eigenvalue weighted by atomic mass is 10.1.